The summed E-state index contributed by atoms with van der Waals surface area (Å²) in [6.45, 7) is 0. The van der Waals surface area contributed by atoms with E-state index in [1.165, 1.54) is 0 Å². The molecule has 0 saturated heterocycles. The molecule has 24 heavy (non-hydrogen) atoms. The number of carboxylic acid groups (broad SMARTS) is 1. The molecule has 17 heteroatoms. The highest BCUT2D eigenvalue weighted by Gasteiger charge is 2.21. The van der Waals surface area contributed by atoms with Gasteiger partial charge in [0, 0.05) is 0 Å². The van der Waals surface area contributed by atoms with Crippen LogP contribution in [0, 0.1) is 0 Å². The van der Waals surface area contributed by atoms with Gasteiger partial charge in [-0.15, -0.1) is 0 Å². The van der Waals surface area contributed by atoms with Crippen molar-refractivity contribution in [3.05, 3.63) is 35.9 Å². The summed E-state index contributed by atoms with van der Waals surface area (Å²) in [6, 6.07) is 8.30. The maximum absolute atomic E-state index is 10.2. The first-order valence-electron chi connectivity index (χ1n) is 5.21. The lowest BCUT2D eigenvalue weighted by molar-refractivity contribution is 0.0696. The second-order valence-electron chi connectivity index (χ2n) is 3.16. The summed E-state index contributed by atoms with van der Waals surface area (Å²) in [5.74, 6) is -0.879. The van der Waals surface area contributed by atoms with Crippen molar-refractivity contribution in [2.45, 2.75) is 0 Å². The fraction of sp³-hybridized carbons (Fsp3) is 0. The summed E-state index contributed by atoms with van der Waals surface area (Å²) in [5.41, 5.74) is 0.331. The Labute approximate surface area is 126 Å². The monoisotopic (exact) mass is 383 g/mol. The summed E-state index contributed by atoms with van der Waals surface area (Å²) in [5, 5.41) is 8.38. The number of aromatic carboxylic acids is 1. The molecule has 0 aliphatic rings. The van der Waals surface area contributed by atoms with E-state index in [-0.39, 0.29) is 0 Å². The van der Waals surface area contributed by atoms with Crippen molar-refractivity contribution in [2.75, 3.05) is 0 Å². The van der Waals surface area contributed by atoms with Gasteiger partial charge < -0.3 is 56.9 Å². The number of rotatable bonds is 1. The van der Waals surface area contributed by atoms with Gasteiger partial charge in [0.15, 0.2) is 0 Å². The summed E-state index contributed by atoms with van der Waals surface area (Å²) in [4.78, 5) is 10.2. The van der Waals surface area contributed by atoms with E-state index < -0.39 is 27.7 Å². The molecular weight excluding hydrogens is 376 g/mol. The number of carboxylic acids is 1. The second kappa shape index (κ2) is 11.6. The molecule has 0 saturated carbocycles. The number of carbonyl (C=O) groups is 1. The van der Waals surface area contributed by atoms with E-state index in [1.807, 2.05) is 0 Å². The molecule has 0 heterocycles. The highest BCUT2D eigenvalue weighted by Crippen LogP contribution is 2.07. The molecule has 0 amide bonds. The zero-order valence-electron chi connectivity index (χ0n) is 11.0. The standard InChI is InChI=1S/C7H6O2.3BF4/c8-7(9)6-4-2-1-3-5-6;3*2-1(3,4)5/h1-5H,(H,8,9);;;/q;3*-1. The van der Waals surface area contributed by atoms with Crippen LogP contribution in [-0.2, 0) is 0 Å². The van der Waals surface area contributed by atoms with Gasteiger partial charge in [0.05, 0.1) is 5.56 Å². The first-order valence-corrected chi connectivity index (χ1v) is 5.21. The molecule has 0 aromatic heterocycles. The molecule has 1 aromatic carbocycles. The van der Waals surface area contributed by atoms with Crippen LogP contribution in [0.2, 0.25) is 0 Å². The van der Waals surface area contributed by atoms with Gasteiger partial charge >= 0.3 is 27.7 Å². The van der Waals surface area contributed by atoms with Crippen LogP contribution in [0.3, 0.4) is 0 Å². The van der Waals surface area contributed by atoms with Crippen LogP contribution in [0.5, 0.6) is 0 Å². The van der Waals surface area contributed by atoms with Crippen molar-refractivity contribution in [1.29, 1.82) is 0 Å². The zero-order valence-corrected chi connectivity index (χ0v) is 11.0. The Balaban J connectivity index is -0.000000259. The number of benzene rings is 1. The molecule has 0 bridgehead atoms. The molecule has 0 radical (unpaired) electrons. The zero-order chi connectivity index (χ0) is 20.2. The highest BCUT2D eigenvalue weighted by atomic mass is 19.5. The van der Waals surface area contributed by atoms with E-state index in [9.17, 15) is 56.6 Å². The third kappa shape index (κ3) is 72.1. The van der Waals surface area contributed by atoms with Gasteiger partial charge in [0.1, 0.15) is 0 Å². The Morgan fingerprint density at radius 3 is 0.958 bits per heavy atom. The van der Waals surface area contributed by atoms with E-state index in [1.54, 1.807) is 30.3 Å². The Bertz CT molecular complexity index is 396. The van der Waals surface area contributed by atoms with Crippen LogP contribution < -0.4 is 0 Å². The van der Waals surface area contributed by atoms with Crippen LogP contribution >= 0.6 is 0 Å². The molecule has 0 spiro atoms. The SMILES string of the molecule is F[B-](F)(F)F.F[B-](F)(F)F.F[B-](F)(F)F.O=C(O)c1ccccc1. The predicted octanol–water partition coefficient (Wildman–Crippen LogP) is 5.28. The van der Waals surface area contributed by atoms with Gasteiger partial charge in [-0.1, -0.05) is 18.2 Å². The molecular formula is C7H6B3F12O2-3. The quantitative estimate of drug-likeness (QED) is 0.530. The molecule has 1 N–H and O–H groups in total. The van der Waals surface area contributed by atoms with Crippen molar-refractivity contribution < 1.29 is 61.7 Å². The fourth-order valence-electron chi connectivity index (χ4n) is 0.581. The normalized spacial score (nSPS) is 10.8. The van der Waals surface area contributed by atoms with Gasteiger partial charge in [-0.05, 0) is 12.1 Å². The smallest absolute Gasteiger partial charge is 0.478 e. The third-order valence-corrected chi connectivity index (χ3v) is 1.02. The van der Waals surface area contributed by atoms with Crippen molar-refractivity contribution in [3.63, 3.8) is 0 Å². The van der Waals surface area contributed by atoms with Crippen LogP contribution in [0.15, 0.2) is 30.3 Å². The molecule has 0 aliphatic carbocycles. The van der Waals surface area contributed by atoms with E-state index in [0.29, 0.717) is 5.56 Å². The van der Waals surface area contributed by atoms with Gasteiger partial charge in [-0.2, -0.15) is 0 Å². The Hall–Kier alpha value is -1.96. The Morgan fingerprint density at radius 1 is 0.625 bits per heavy atom. The summed E-state index contributed by atoms with van der Waals surface area (Å²) >= 11 is 0. The van der Waals surface area contributed by atoms with Crippen LogP contribution in [0.25, 0.3) is 0 Å². The molecule has 2 nitrogen and oxygen atoms in total. The molecule has 142 valence electrons. The van der Waals surface area contributed by atoms with Crippen LogP contribution in [-0.4, -0.2) is 32.8 Å². The lowest BCUT2D eigenvalue weighted by Gasteiger charge is -1.94. The van der Waals surface area contributed by atoms with Gasteiger partial charge in [-0.3, -0.25) is 0 Å². The largest absolute Gasteiger partial charge is 0.673 e. The minimum absolute atomic E-state index is 0.331. The molecule has 1 aromatic rings. The molecule has 0 aliphatic heterocycles. The van der Waals surface area contributed by atoms with E-state index in [4.69, 9.17) is 5.11 Å². The third-order valence-electron chi connectivity index (χ3n) is 1.02. The van der Waals surface area contributed by atoms with E-state index in [2.05, 4.69) is 0 Å². The lowest BCUT2D eigenvalue weighted by atomic mass is 10.2. The summed E-state index contributed by atoms with van der Waals surface area (Å²) in [7, 11) is -18.0. The predicted molar refractivity (Wildman–Crippen MR) is 64.0 cm³/mol. The average molecular weight is 383 g/mol. The minimum Gasteiger partial charge on any atom is -0.478 e. The topological polar surface area (TPSA) is 37.3 Å². The second-order valence-corrected chi connectivity index (χ2v) is 3.16. The number of halogens is 12. The molecule has 0 fully saturated rings. The van der Waals surface area contributed by atoms with Crippen molar-refractivity contribution in [1.82, 2.24) is 0 Å². The van der Waals surface area contributed by atoms with Gasteiger partial charge in [0.2, 0.25) is 0 Å². The van der Waals surface area contributed by atoms with Crippen LogP contribution in [0.4, 0.5) is 51.8 Å². The molecule has 0 unspecified atom stereocenters. The van der Waals surface area contributed by atoms with Gasteiger partial charge in [0.25, 0.3) is 0 Å². The van der Waals surface area contributed by atoms with Crippen molar-refractivity contribution >= 4 is 27.7 Å². The van der Waals surface area contributed by atoms with Crippen molar-refractivity contribution in [2.24, 2.45) is 0 Å². The van der Waals surface area contributed by atoms with E-state index >= 15 is 0 Å². The fourth-order valence-corrected chi connectivity index (χ4v) is 0.581. The Kier molecular flexibility index (Phi) is 13.0. The lowest BCUT2D eigenvalue weighted by Crippen LogP contribution is -2.02. The first kappa shape index (κ1) is 26.9. The minimum atomic E-state index is -6.00. The average Bonchev–Trinajstić information content (AvgIpc) is 2.23. The van der Waals surface area contributed by atoms with Crippen LogP contribution in [0.1, 0.15) is 10.4 Å². The maximum Gasteiger partial charge on any atom is 0.673 e. The molecule has 0 atom stereocenters. The van der Waals surface area contributed by atoms with Crippen molar-refractivity contribution in [3.8, 4) is 0 Å². The van der Waals surface area contributed by atoms with E-state index in [0.717, 1.165) is 0 Å². The first-order chi connectivity index (χ1) is 10.3. The number of hydrogen-bond acceptors (Lipinski definition) is 1. The maximum atomic E-state index is 10.2. The highest BCUT2D eigenvalue weighted by molar-refractivity contribution is 6.50. The van der Waals surface area contributed by atoms with Gasteiger partial charge in [-0.25, -0.2) is 4.79 Å². The Morgan fingerprint density at radius 2 is 0.833 bits per heavy atom. The summed E-state index contributed by atoms with van der Waals surface area (Å²) < 4.78 is 117. The summed E-state index contributed by atoms with van der Waals surface area (Å²) in [6.07, 6.45) is 0. The number of hydrogen-bond donors (Lipinski definition) is 1. The molecule has 1 rings (SSSR count).